The Kier molecular flexibility index (Phi) is 4.30. The molecule has 0 fully saturated rings. The first-order chi connectivity index (χ1) is 10.7. The van der Waals surface area contributed by atoms with Crippen LogP contribution in [0.5, 0.6) is 0 Å². The molecule has 3 rings (SSSR count). The van der Waals surface area contributed by atoms with E-state index >= 15 is 0 Å². The van der Waals surface area contributed by atoms with E-state index in [1.165, 1.54) is 5.56 Å². The molecule has 0 saturated heterocycles. The summed E-state index contributed by atoms with van der Waals surface area (Å²) in [5.74, 6) is -0.233. The first-order valence-corrected chi connectivity index (χ1v) is 7.21. The van der Waals surface area contributed by atoms with Crippen LogP contribution in [0.2, 0.25) is 0 Å². The molecule has 1 heterocycles. The third-order valence-corrected chi connectivity index (χ3v) is 3.54. The third-order valence-electron chi connectivity index (χ3n) is 3.54. The van der Waals surface area contributed by atoms with Gasteiger partial charge in [0.2, 0.25) is 0 Å². The molecule has 22 heavy (non-hydrogen) atoms. The van der Waals surface area contributed by atoms with Gasteiger partial charge in [-0.05, 0) is 30.3 Å². The lowest BCUT2D eigenvalue weighted by Crippen LogP contribution is -2.17. The highest BCUT2D eigenvalue weighted by molar-refractivity contribution is 5.36. The van der Waals surface area contributed by atoms with Gasteiger partial charge in [-0.25, -0.2) is 9.37 Å². The van der Waals surface area contributed by atoms with Gasteiger partial charge in [0.1, 0.15) is 5.82 Å². The van der Waals surface area contributed by atoms with E-state index in [9.17, 15) is 4.39 Å². The van der Waals surface area contributed by atoms with Crippen molar-refractivity contribution in [1.82, 2.24) is 14.5 Å². The second-order valence-electron chi connectivity index (χ2n) is 5.41. The van der Waals surface area contributed by atoms with Crippen molar-refractivity contribution < 1.29 is 4.39 Å². The van der Waals surface area contributed by atoms with Crippen molar-refractivity contribution in [2.45, 2.75) is 13.1 Å². The Labute approximate surface area is 129 Å². The molecule has 0 unspecified atom stereocenters. The smallest absolute Gasteiger partial charge is 0.147 e. The van der Waals surface area contributed by atoms with E-state index in [4.69, 9.17) is 0 Å². The van der Waals surface area contributed by atoms with Crippen LogP contribution in [0.15, 0.2) is 67.3 Å². The molecule has 4 heteroatoms. The van der Waals surface area contributed by atoms with E-state index in [2.05, 4.69) is 22.0 Å². The predicted molar refractivity (Wildman–Crippen MR) is 85.1 cm³/mol. The number of halogens is 1. The maximum Gasteiger partial charge on any atom is 0.147 e. The van der Waals surface area contributed by atoms with E-state index in [1.54, 1.807) is 35.4 Å². The maximum atomic E-state index is 14.2. The molecule has 0 bridgehead atoms. The highest BCUT2D eigenvalue weighted by Gasteiger charge is 2.07. The van der Waals surface area contributed by atoms with Crippen molar-refractivity contribution in [1.29, 1.82) is 0 Å². The largest absolute Gasteiger partial charge is 0.303 e. The zero-order chi connectivity index (χ0) is 15.4. The minimum atomic E-state index is -0.233. The minimum absolute atomic E-state index is 0.233. The van der Waals surface area contributed by atoms with Gasteiger partial charge in [0, 0.05) is 25.5 Å². The van der Waals surface area contributed by atoms with Crippen LogP contribution in [-0.2, 0) is 13.1 Å². The fraction of sp³-hybridized carbons (Fsp3) is 0.167. The van der Waals surface area contributed by atoms with E-state index in [0.717, 1.165) is 12.1 Å². The lowest BCUT2D eigenvalue weighted by atomic mass is 10.1. The predicted octanol–water partition coefficient (Wildman–Crippen LogP) is 3.64. The van der Waals surface area contributed by atoms with Crippen LogP contribution in [0.3, 0.4) is 0 Å². The van der Waals surface area contributed by atoms with Gasteiger partial charge in [0.15, 0.2) is 0 Å². The van der Waals surface area contributed by atoms with Crippen molar-refractivity contribution in [3.05, 3.63) is 84.2 Å². The van der Waals surface area contributed by atoms with Crippen LogP contribution in [0.25, 0.3) is 5.69 Å². The fourth-order valence-corrected chi connectivity index (χ4v) is 2.52. The minimum Gasteiger partial charge on any atom is -0.303 e. The summed E-state index contributed by atoms with van der Waals surface area (Å²) in [4.78, 5) is 6.11. The van der Waals surface area contributed by atoms with Gasteiger partial charge < -0.3 is 4.57 Å². The molecule has 0 saturated carbocycles. The molecule has 2 aromatic carbocycles. The van der Waals surface area contributed by atoms with Crippen molar-refractivity contribution in [3.63, 3.8) is 0 Å². The van der Waals surface area contributed by atoms with Crippen molar-refractivity contribution in [2.24, 2.45) is 0 Å². The quantitative estimate of drug-likeness (QED) is 0.716. The molecule has 1 aromatic heterocycles. The molecule has 0 spiro atoms. The average Bonchev–Trinajstić information content (AvgIpc) is 3.02. The van der Waals surface area contributed by atoms with Gasteiger partial charge in [-0.15, -0.1) is 0 Å². The first-order valence-electron chi connectivity index (χ1n) is 7.21. The number of hydrogen-bond acceptors (Lipinski definition) is 2. The molecular formula is C18H18FN3. The molecule has 0 aliphatic rings. The van der Waals surface area contributed by atoms with Crippen LogP contribution in [0, 0.1) is 5.82 Å². The van der Waals surface area contributed by atoms with E-state index in [0.29, 0.717) is 12.2 Å². The second-order valence-corrected chi connectivity index (χ2v) is 5.41. The highest BCUT2D eigenvalue weighted by atomic mass is 19.1. The monoisotopic (exact) mass is 295 g/mol. The Morgan fingerprint density at radius 3 is 2.50 bits per heavy atom. The molecule has 112 valence electrons. The average molecular weight is 295 g/mol. The topological polar surface area (TPSA) is 21.1 Å². The van der Waals surface area contributed by atoms with Crippen molar-refractivity contribution >= 4 is 0 Å². The van der Waals surface area contributed by atoms with Gasteiger partial charge in [0.25, 0.3) is 0 Å². The van der Waals surface area contributed by atoms with Crippen molar-refractivity contribution in [3.8, 4) is 5.69 Å². The summed E-state index contributed by atoms with van der Waals surface area (Å²) in [7, 11) is 2.04. The summed E-state index contributed by atoms with van der Waals surface area (Å²) in [6.45, 7) is 1.54. The number of imidazole rings is 1. The van der Waals surface area contributed by atoms with Crippen LogP contribution < -0.4 is 0 Å². The first kappa shape index (κ1) is 14.5. The maximum absolute atomic E-state index is 14.2. The molecule has 0 aliphatic heterocycles. The Balaban J connectivity index is 1.69. The molecule has 0 aliphatic carbocycles. The molecule has 0 radical (unpaired) electrons. The van der Waals surface area contributed by atoms with E-state index in [1.807, 2.05) is 31.3 Å². The molecule has 3 aromatic rings. The van der Waals surface area contributed by atoms with Crippen LogP contribution in [0.1, 0.15) is 11.1 Å². The summed E-state index contributed by atoms with van der Waals surface area (Å²) >= 11 is 0. The fourth-order valence-electron chi connectivity index (χ4n) is 2.52. The number of rotatable bonds is 5. The summed E-state index contributed by atoms with van der Waals surface area (Å²) in [5, 5.41) is 0. The Hall–Kier alpha value is -2.46. The SMILES string of the molecule is CN(Cc1ccccc1)Cc1ccc(-n2ccnc2)c(F)c1. The molecule has 3 nitrogen and oxygen atoms in total. The molecule has 0 amide bonds. The molecular weight excluding hydrogens is 277 g/mol. The number of hydrogen-bond donors (Lipinski definition) is 0. The Morgan fingerprint density at radius 1 is 1.05 bits per heavy atom. The Morgan fingerprint density at radius 2 is 1.82 bits per heavy atom. The second kappa shape index (κ2) is 6.54. The van der Waals surface area contributed by atoms with Crippen LogP contribution >= 0.6 is 0 Å². The highest BCUT2D eigenvalue weighted by Crippen LogP contribution is 2.16. The van der Waals surface area contributed by atoms with Crippen LogP contribution in [-0.4, -0.2) is 21.5 Å². The van der Waals surface area contributed by atoms with E-state index in [-0.39, 0.29) is 5.82 Å². The van der Waals surface area contributed by atoms with Gasteiger partial charge in [-0.3, -0.25) is 4.90 Å². The van der Waals surface area contributed by atoms with Crippen molar-refractivity contribution in [2.75, 3.05) is 7.05 Å². The molecule has 0 atom stereocenters. The lowest BCUT2D eigenvalue weighted by molar-refractivity contribution is 0.318. The lowest BCUT2D eigenvalue weighted by Gasteiger charge is -2.17. The van der Waals surface area contributed by atoms with E-state index < -0.39 is 0 Å². The third kappa shape index (κ3) is 3.40. The van der Waals surface area contributed by atoms with Gasteiger partial charge in [-0.2, -0.15) is 0 Å². The normalized spacial score (nSPS) is 11.0. The van der Waals surface area contributed by atoms with Gasteiger partial charge >= 0.3 is 0 Å². The summed E-state index contributed by atoms with van der Waals surface area (Å²) in [6, 6.07) is 15.6. The Bertz CT molecular complexity index is 723. The summed E-state index contributed by atoms with van der Waals surface area (Å²) < 4.78 is 15.9. The summed E-state index contributed by atoms with van der Waals surface area (Å²) in [5.41, 5.74) is 2.73. The number of aromatic nitrogens is 2. The molecule has 0 N–H and O–H groups in total. The standard InChI is InChI=1S/C18H18FN3/c1-21(12-15-5-3-2-4-6-15)13-16-7-8-18(17(19)11-16)22-10-9-20-14-22/h2-11,14H,12-13H2,1H3. The van der Waals surface area contributed by atoms with Crippen LogP contribution in [0.4, 0.5) is 4.39 Å². The van der Waals surface area contributed by atoms with Gasteiger partial charge in [0.05, 0.1) is 12.0 Å². The zero-order valence-electron chi connectivity index (χ0n) is 12.5. The number of benzene rings is 2. The zero-order valence-corrected chi connectivity index (χ0v) is 12.5. The van der Waals surface area contributed by atoms with Gasteiger partial charge in [-0.1, -0.05) is 36.4 Å². The number of nitrogens with zero attached hydrogens (tertiary/aromatic N) is 3. The summed E-state index contributed by atoms with van der Waals surface area (Å²) in [6.07, 6.45) is 4.97.